The van der Waals surface area contributed by atoms with Crippen molar-refractivity contribution >= 4 is 12.3 Å². The van der Waals surface area contributed by atoms with Gasteiger partial charge in [0.25, 0.3) is 0 Å². The van der Waals surface area contributed by atoms with Gasteiger partial charge in [-0.25, -0.2) is 4.79 Å². The second kappa shape index (κ2) is 9.54. The Bertz CT molecular complexity index is 1080. The molecule has 6 N–H and O–H groups in total. The number of hydrogen-bond donors (Lipinski definition) is 6. The van der Waals surface area contributed by atoms with E-state index >= 15 is 0 Å². The summed E-state index contributed by atoms with van der Waals surface area (Å²) in [6, 6.07) is 0. The van der Waals surface area contributed by atoms with Crippen molar-refractivity contribution in [3.05, 3.63) is 11.6 Å². The van der Waals surface area contributed by atoms with Gasteiger partial charge in [-0.2, -0.15) is 0 Å². The molecule has 6 aliphatic rings. The van der Waals surface area contributed by atoms with Gasteiger partial charge >= 0.3 is 5.97 Å². The van der Waals surface area contributed by atoms with Gasteiger partial charge in [-0.05, 0) is 75.2 Å². The normalized spacial score (nSPS) is 56.0. The number of rotatable bonds is 4. The predicted octanol–water partition coefficient (Wildman–Crippen LogP) is -0.279. The monoisotopic (exact) mass is 566 g/mol. The molecule has 1 saturated heterocycles. The van der Waals surface area contributed by atoms with Crippen LogP contribution in [0.4, 0.5) is 0 Å². The Labute approximate surface area is 233 Å². The molecule has 2 heterocycles. The average Bonchev–Trinajstić information content (AvgIpc) is 3.46. The lowest BCUT2D eigenvalue weighted by Crippen LogP contribution is -2.71. The van der Waals surface area contributed by atoms with Crippen LogP contribution in [-0.4, -0.2) is 104 Å². The number of hydrogen-bond acceptors (Lipinski definition) is 11. The van der Waals surface area contributed by atoms with Gasteiger partial charge in [0, 0.05) is 17.9 Å². The summed E-state index contributed by atoms with van der Waals surface area (Å²) in [5, 5.41) is 66.7. The van der Waals surface area contributed by atoms with Gasteiger partial charge < -0.3 is 49.6 Å². The second-order valence-corrected chi connectivity index (χ2v) is 13.5. The molecule has 11 nitrogen and oxygen atoms in total. The number of aliphatic hydroxyl groups is 6. The van der Waals surface area contributed by atoms with E-state index in [1.54, 1.807) is 6.92 Å². The van der Waals surface area contributed by atoms with Crippen molar-refractivity contribution in [2.45, 2.75) is 119 Å². The molecule has 4 aliphatic carbocycles. The Morgan fingerprint density at radius 3 is 2.42 bits per heavy atom. The summed E-state index contributed by atoms with van der Waals surface area (Å²) < 4.78 is 16.8. The minimum absolute atomic E-state index is 0.0926. The number of cyclic esters (lactones) is 1. The lowest BCUT2D eigenvalue weighted by Gasteiger charge is -2.66. The molecule has 40 heavy (non-hydrogen) atoms. The Balaban J connectivity index is 1.25. The Morgan fingerprint density at radius 2 is 1.75 bits per heavy atom. The Kier molecular flexibility index (Phi) is 6.83. The SMILES string of the molecule is C[C@@H]1O[C@H](O[C@@H]2CC[C@]3(C=O)[C@H]4C[C@@H](O)[C@]5(C)[C@H](C6=CC(=O)OC6)CC[C@]5(O)[C@@H]4CC[C@]3(O)C2)[C@H](O)[C@H](O)[C@H]1O. The molecular weight excluding hydrogens is 524 g/mol. The van der Waals surface area contributed by atoms with Gasteiger partial charge in [-0.3, -0.25) is 0 Å². The summed E-state index contributed by atoms with van der Waals surface area (Å²) in [4.78, 5) is 24.8. The predicted molar refractivity (Wildman–Crippen MR) is 136 cm³/mol. The molecule has 5 fully saturated rings. The highest BCUT2D eigenvalue weighted by molar-refractivity contribution is 5.85. The fourth-order valence-electron chi connectivity index (χ4n) is 9.74. The van der Waals surface area contributed by atoms with E-state index in [1.165, 1.54) is 6.08 Å². The number of aliphatic hydroxyl groups excluding tert-OH is 4. The molecule has 0 amide bonds. The average molecular weight is 567 g/mol. The quantitative estimate of drug-likeness (QED) is 0.149. The highest BCUT2D eigenvalue weighted by atomic mass is 16.7. The molecule has 0 bridgehead atoms. The first-order chi connectivity index (χ1) is 18.8. The third-order valence-corrected chi connectivity index (χ3v) is 12.1. The number of esters is 1. The zero-order valence-electron chi connectivity index (χ0n) is 23.0. The van der Waals surface area contributed by atoms with E-state index in [2.05, 4.69) is 0 Å². The Hall–Kier alpha value is -1.44. The smallest absolute Gasteiger partial charge is 0.331 e. The van der Waals surface area contributed by atoms with E-state index in [0.717, 1.165) is 11.9 Å². The van der Waals surface area contributed by atoms with E-state index < -0.39 is 76.8 Å². The van der Waals surface area contributed by atoms with Crippen LogP contribution in [0.3, 0.4) is 0 Å². The van der Waals surface area contributed by atoms with Crippen LogP contribution in [0.5, 0.6) is 0 Å². The fourth-order valence-corrected chi connectivity index (χ4v) is 9.74. The van der Waals surface area contributed by atoms with Crippen molar-refractivity contribution in [2.24, 2.45) is 28.6 Å². The maximum absolute atomic E-state index is 13.0. The van der Waals surface area contributed by atoms with E-state index in [4.69, 9.17) is 14.2 Å². The number of carbonyl (C=O) groups excluding carboxylic acids is 2. The molecular formula is C29H42O11. The van der Waals surface area contributed by atoms with Crippen LogP contribution in [0.25, 0.3) is 0 Å². The van der Waals surface area contributed by atoms with Crippen LogP contribution in [0.2, 0.25) is 0 Å². The molecule has 14 atom stereocenters. The summed E-state index contributed by atoms with van der Waals surface area (Å²) in [6.07, 6.45) is -2.70. The highest BCUT2D eigenvalue weighted by Gasteiger charge is 2.74. The number of carbonyl (C=O) groups is 2. The van der Waals surface area contributed by atoms with Crippen LogP contribution in [-0.2, 0) is 23.8 Å². The van der Waals surface area contributed by atoms with Gasteiger partial charge in [0.1, 0.15) is 31.2 Å². The van der Waals surface area contributed by atoms with Crippen molar-refractivity contribution in [2.75, 3.05) is 6.61 Å². The van der Waals surface area contributed by atoms with Gasteiger partial charge in [-0.15, -0.1) is 0 Å². The molecule has 6 rings (SSSR count). The largest absolute Gasteiger partial charge is 0.458 e. The molecule has 0 aromatic rings. The van der Waals surface area contributed by atoms with E-state index in [0.29, 0.717) is 25.7 Å². The van der Waals surface area contributed by atoms with Gasteiger partial charge in [0.05, 0.1) is 34.9 Å². The summed E-state index contributed by atoms with van der Waals surface area (Å²) in [6.45, 7) is 3.61. The van der Waals surface area contributed by atoms with E-state index in [-0.39, 0.29) is 44.1 Å². The lowest BCUT2D eigenvalue weighted by molar-refractivity contribution is -0.319. The van der Waals surface area contributed by atoms with Crippen LogP contribution in [0, 0.1) is 28.6 Å². The van der Waals surface area contributed by atoms with Gasteiger partial charge in [0.15, 0.2) is 6.29 Å². The van der Waals surface area contributed by atoms with Gasteiger partial charge in [0.2, 0.25) is 0 Å². The molecule has 4 saturated carbocycles. The van der Waals surface area contributed by atoms with E-state index in [1.807, 2.05) is 6.92 Å². The van der Waals surface area contributed by atoms with E-state index in [9.17, 15) is 40.2 Å². The number of ether oxygens (including phenoxy) is 3. The van der Waals surface area contributed by atoms with Crippen molar-refractivity contribution in [3.63, 3.8) is 0 Å². The maximum atomic E-state index is 13.0. The lowest BCUT2D eigenvalue weighted by atomic mass is 9.41. The molecule has 224 valence electrons. The number of aldehydes is 1. The molecule has 0 aromatic carbocycles. The third-order valence-electron chi connectivity index (χ3n) is 12.1. The number of fused-ring (bicyclic) bond motifs is 5. The minimum Gasteiger partial charge on any atom is -0.458 e. The molecule has 0 aromatic heterocycles. The highest BCUT2D eigenvalue weighted by Crippen LogP contribution is 2.70. The summed E-state index contributed by atoms with van der Waals surface area (Å²) in [5.74, 6) is -1.42. The van der Waals surface area contributed by atoms with Crippen LogP contribution in [0.15, 0.2) is 11.6 Å². The van der Waals surface area contributed by atoms with Crippen molar-refractivity contribution in [3.8, 4) is 0 Å². The van der Waals surface area contributed by atoms with Crippen LogP contribution in [0.1, 0.15) is 65.2 Å². The third kappa shape index (κ3) is 3.71. The molecule has 0 radical (unpaired) electrons. The molecule has 0 spiro atoms. The second-order valence-electron chi connectivity index (χ2n) is 13.5. The zero-order valence-corrected chi connectivity index (χ0v) is 23.0. The Morgan fingerprint density at radius 1 is 1.00 bits per heavy atom. The summed E-state index contributed by atoms with van der Waals surface area (Å²) >= 11 is 0. The summed E-state index contributed by atoms with van der Waals surface area (Å²) in [5.41, 5.74) is -4.09. The fraction of sp³-hybridized carbons (Fsp3) is 0.862. The first-order valence-electron chi connectivity index (χ1n) is 14.6. The molecule has 11 heteroatoms. The molecule has 0 unspecified atom stereocenters. The zero-order chi connectivity index (χ0) is 28.8. The summed E-state index contributed by atoms with van der Waals surface area (Å²) in [7, 11) is 0. The maximum Gasteiger partial charge on any atom is 0.331 e. The van der Waals surface area contributed by atoms with Crippen molar-refractivity contribution < 1.29 is 54.4 Å². The van der Waals surface area contributed by atoms with Crippen molar-refractivity contribution in [1.82, 2.24) is 0 Å². The van der Waals surface area contributed by atoms with Crippen LogP contribution < -0.4 is 0 Å². The first kappa shape index (κ1) is 28.7. The molecule has 2 aliphatic heterocycles. The topological polar surface area (TPSA) is 183 Å². The minimum atomic E-state index is -1.47. The van der Waals surface area contributed by atoms with Crippen molar-refractivity contribution in [1.29, 1.82) is 0 Å². The van der Waals surface area contributed by atoms with Gasteiger partial charge in [-0.1, -0.05) is 6.92 Å². The first-order valence-corrected chi connectivity index (χ1v) is 14.6. The van der Waals surface area contributed by atoms with Crippen LogP contribution >= 0.6 is 0 Å². The standard InChI is InChI=1S/C29H42O11/c1-14-22(33)23(34)24(35)25(39-14)40-16-3-6-27(13-30)19-10-20(31)26(2)17(15-9-21(32)38-12-15)5-8-29(26,37)18(19)4-7-28(27,36)11-16/h9,13-14,16-20,22-25,31,33-37H,3-8,10-12H2,1-2H3/t14-,16+,17-,18+,19-,20+,22-,23+,24+,25+,26-,27-,28-,29-/m0/s1.